The Kier molecular flexibility index (Phi) is 6.29. The van der Waals surface area contributed by atoms with E-state index in [0.29, 0.717) is 6.61 Å². The second kappa shape index (κ2) is 9.07. The Labute approximate surface area is 156 Å². The first-order chi connectivity index (χ1) is 12.7. The van der Waals surface area contributed by atoms with E-state index in [1.165, 1.54) is 11.3 Å². The molecule has 0 saturated carbocycles. The van der Waals surface area contributed by atoms with Gasteiger partial charge in [0.2, 0.25) is 0 Å². The third kappa shape index (κ3) is 5.11. The third-order valence-corrected chi connectivity index (χ3v) is 4.19. The summed E-state index contributed by atoms with van der Waals surface area (Å²) in [7, 11) is 4.10. The van der Waals surface area contributed by atoms with Crippen LogP contribution in [-0.2, 0) is 6.54 Å². The van der Waals surface area contributed by atoms with Gasteiger partial charge < -0.3 is 14.5 Å². The molecule has 26 heavy (non-hydrogen) atoms. The Bertz CT molecular complexity index is 788. The second-order valence-corrected chi connectivity index (χ2v) is 6.56. The zero-order valence-corrected chi connectivity index (χ0v) is 15.5. The van der Waals surface area contributed by atoms with Crippen LogP contribution in [0.4, 0.5) is 11.4 Å². The number of likely N-dealkylation sites (N-methyl/N-ethyl adjacent to an activating group) is 1. The van der Waals surface area contributed by atoms with Crippen LogP contribution in [0.1, 0.15) is 5.56 Å². The maximum absolute atomic E-state index is 5.93. The fraction of sp³-hybridized carbons (Fsp3) is 0.217. The Morgan fingerprint density at radius 2 is 1.38 bits per heavy atom. The van der Waals surface area contributed by atoms with Crippen molar-refractivity contribution in [2.75, 3.05) is 32.1 Å². The quantitative estimate of drug-likeness (QED) is 0.573. The number of hydrogen-bond donors (Lipinski definition) is 0. The molecule has 3 rings (SSSR count). The van der Waals surface area contributed by atoms with Crippen molar-refractivity contribution in [1.29, 1.82) is 0 Å². The molecule has 0 bridgehead atoms. The van der Waals surface area contributed by atoms with E-state index in [1.54, 1.807) is 0 Å². The molecule has 0 saturated heterocycles. The minimum atomic E-state index is 0.681. The molecule has 0 amide bonds. The number of para-hydroxylation sites is 1. The molecule has 0 aliphatic rings. The summed E-state index contributed by atoms with van der Waals surface area (Å²) in [6, 6.07) is 29.3. The summed E-state index contributed by atoms with van der Waals surface area (Å²) in [5.74, 6) is 0.901. The normalized spacial score (nSPS) is 10.7. The zero-order valence-electron chi connectivity index (χ0n) is 15.5. The van der Waals surface area contributed by atoms with Crippen molar-refractivity contribution in [2.45, 2.75) is 6.54 Å². The van der Waals surface area contributed by atoms with Crippen molar-refractivity contribution in [2.24, 2.45) is 0 Å². The molecule has 3 heteroatoms. The van der Waals surface area contributed by atoms with Crippen molar-refractivity contribution in [3.8, 4) is 5.75 Å². The maximum Gasteiger partial charge on any atom is 0.121 e. The molecule has 3 nitrogen and oxygen atoms in total. The van der Waals surface area contributed by atoms with Crippen molar-refractivity contribution in [3.05, 3.63) is 90.5 Å². The van der Waals surface area contributed by atoms with E-state index in [2.05, 4.69) is 96.7 Å². The van der Waals surface area contributed by atoms with Gasteiger partial charge in [-0.15, -0.1) is 0 Å². The third-order valence-electron chi connectivity index (χ3n) is 4.19. The summed E-state index contributed by atoms with van der Waals surface area (Å²) < 4.78 is 5.93. The van der Waals surface area contributed by atoms with Crippen LogP contribution in [0, 0.1) is 0 Å². The first-order valence-electron chi connectivity index (χ1n) is 8.96. The highest BCUT2D eigenvalue weighted by Crippen LogP contribution is 2.30. The number of benzene rings is 3. The molecular formula is C23H26N2O. The lowest BCUT2D eigenvalue weighted by Gasteiger charge is -2.26. The summed E-state index contributed by atoms with van der Waals surface area (Å²) in [5.41, 5.74) is 3.57. The van der Waals surface area contributed by atoms with Gasteiger partial charge in [-0.3, -0.25) is 0 Å². The van der Waals surface area contributed by atoms with Crippen LogP contribution in [0.3, 0.4) is 0 Å². The average Bonchev–Trinajstić information content (AvgIpc) is 2.67. The minimum Gasteiger partial charge on any atom is -0.492 e. The topological polar surface area (TPSA) is 15.7 Å². The summed E-state index contributed by atoms with van der Waals surface area (Å²) >= 11 is 0. The van der Waals surface area contributed by atoms with Crippen molar-refractivity contribution in [3.63, 3.8) is 0 Å². The van der Waals surface area contributed by atoms with Gasteiger partial charge in [0.15, 0.2) is 0 Å². The van der Waals surface area contributed by atoms with E-state index < -0.39 is 0 Å². The van der Waals surface area contributed by atoms with Gasteiger partial charge in [-0.1, -0.05) is 54.6 Å². The van der Waals surface area contributed by atoms with Crippen LogP contribution < -0.4 is 9.64 Å². The minimum absolute atomic E-state index is 0.681. The molecule has 0 aliphatic carbocycles. The highest BCUT2D eigenvalue weighted by Gasteiger charge is 2.11. The van der Waals surface area contributed by atoms with Crippen molar-refractivity contribution < 1.29 is 4.74 Å². The van der Waals surface area contributed by atoms with Gasteiger partial charge in [-0.05, 0) is 43.9 Å². The molecule has 134 valence electrons. The van der Waals surface area contributed by atoms with Gasteiger partial charge in [0.05, 0.1) is 0 Å². The van der Waals surface area contributed by atoms with Gasteiger partial charge in [0, 0.05) is 30.5 Å². The molecule has 3 aromatic rings. The molecule has 0 N–H and O–H groups in total. The van der Waals surface area contributed by atoms with Gasteiger partial charge in [0.1, 0.15) is 12.4 Å². The Morgan fingerprint density at radius 3 is 2.08 bits per heavy atom. The fourth-order valence-electron chi connectivity index (χ4n) is 2.79. The number of hydrogen-bond acceptors (Lipinski definition) is 3. The van der Waals surface area contributed by atoms with E-state index in [-0.39, 0.29) is 0 Å². The van der Waals surface area contributed by atoms with Crippen molar-refractivity contribution >= 4 is 11.4 Å². The molecule has 0 aromatic heterocycles. The molecule has 0 heterocycles. The molecule has 0 atom stereocenters. The maximum atomic E-state index is 5.93. The molecule has 0 radical (unpaired) electrons. The first kappa shape index (κ1) is 18.0. The lowest BCUT2D eigenvalue weighted by molar-refractivity contribution is 0.261. The van der Waals surface area contributed by atoms with Crippen LogP contribution in [-0.4, -0.2) is 32.1 Å². The summed E-state index contributed by atoms with van der Waals surface area (Å²) in [6.07, 6.45) is 0. The number of rotatable bonds is 8. The zero-order chi connectivity index (χ0) is 18.2. The molecule has 0 spiro atoms. The van der Waals surface area contributed by atoms with Crippen LogP contribution in [0.15, 0.2) is 84.9 Å². The summed E-state index contributed by atoms with van der Waals surface area (Å²) in [5, 5.41) is 0. The highest BCUT2D eigenvalue weighted by molar-refractivity contribution is 5.64. The van der Waals surface area contributed by atoms with E-state index in [9.17, 15) is 0 Å². The lowest BCUT2D eigenvalue weighted by Crippen LogP contribution is -2.19. The average molecular weight is 346 g/mol. The van der Waals surface area contributed by atoms with E-state index in [1.807, 2.05) is 12.1 Å². The molecular weight excluding hydrogens is 320 g/mol. The Morgan fingerprint density at radius 1 is 0.731 bits per heavy atom. The lowest BCUT2D eigenvalue weighted by atomic mass is 10.1. The molecule has 0 unspecified atom stereocenters. The highest BCUT2D eigenvalue weighted by atomic mass is 16.5. The Balaban J connectivity index is 1.84. The summed E-state index contributed by atoms with van der Waals surface area (Å²) in [4.78, 5) is 4.43. The monoisotopic (exact) mass is 346 g/mol. The van der Waals surface area contributed by atoms with E-state index in [0.717, 1.165) is 24.5 Å². The van der Waals surface area contributed by atoms with Crippen LogP contribution in [0.25, 0.3) is 0 Å². The van der Waals surface area contributed by atoms with Crippen LogP contribution >= 0.6 is 0 Å². The number of anilines is 2. The van der Waals surface area contributed by atoms with Gasteiger partial charge in [-0.2, -0.15) is 0 Å². The second-order valence-electron chi connectivity index (χ2n) is 6.56. The number of nitrogens with zero attached hydrogens (tertiary/aromatic N) is 2. The van der Waals surface area contributed by atoms with Gasteiger partial charge in [0.25, 0.3) is 0 Å². The fourth-order valence-corrected chi connectivity index (χ4v) is 2.79. The van der Waals surface area contributed by atoms with E-state index in [4.69, 9.17) is 4.74 Å². The van der Waals surface area contributed by atoms with Crippen LogP contribution in [0.2, 0.25) is 0 Å². The predicted molar refractivity (Wildman–Crippen MR) is 109 cm³/mol. The summed E-state index contributed by atoms with van der Waals surface area (Å²) in [6.45, 7) is 2.39. The van der Waals surface area contributed by atoms with Gasteiger partial charge in [-0.25, -0.2) is 0 Å². The van der Waals surface area contributed by atoms with Gasteiger partial charge >= 0.3 is 0 Å². The van der Waals surface area contributed by atoms with Crippen molar-refractivity contribution in [1.82, 2.24) is 4.90 Å². The SMILES string of the molecule is CN(C)CCOc1cccc(N(Cc2ccccc2)c2ccccc2)c1. The molecule has 3 aromatic carbocycles. The predicted octanol–water partition coefficient (Wildman–Crippen LogP) is 4.97. The Hall–Kier alpha value is -2.78. The standard InChI is InChI=1S/C23H26N2O/c1-24(2)16-17-26-23-15-9-14-22(18-23)25(21-12-7-4-8-13-21)19-20-10-5-3-6-11-20/h3-15,18H,16-17,19H2,1-2H3. The molecule has 0 aliphatic heterocycles. The first-order valence-corrected chi connectivity index (χ1v) is 8.96. The number of ether oxygens (including phenoxy) is 1. The van der Waals surface area contributed by atoms with E-state index >= 15 is 0 Å². The van der Waals surface area contributed by atoms with Crippen LogP contribution in [0.5, 0.6) is 5.75 Å². The smallest absolute Gasteiger partial charge is 0.121 e. The largest absolute Gasteiger partial charge is 0.492 e. The molecule has 0 fully saturated rings.